The van der Waals surface area contributed by atoms with Gasteiger partial charge in [-0.2, -0.15) is 15.0 Å². The molecule has 8 heteroatoms. The van der Waals surface area contributed by atoms with Crippen LogP contribution in [0.3, 0.4) is 0 Å². The monoisotopic (exact) mass is 338 g/mol. The zero-order valence-electron chi connectivity index (χ0n) is 12.9. The molecule has 0 atom stereocenters. The molecule has 3 rings (SSSR count). The number of nitrogens with zero attached hydrogens (tertiary/aromatic N) is 4. The summed E-state index contributed by atoms with van der Waals surface area (Å²) in [6.07, 6.45) is 2.49. The number of benzene rings is 1. The molecule has 1 aromatic carbocycles. The summed E-state index contributed by atoms with van der Waals surface area (Å²) in [4.78, 5) is 14.8. The van der Waals surface area contributed by atoms with E-state index in [1.54, 1.807) is 13.0 Å². The van der Waals surface area contributed by atoms with Crippen LogP contribution in [0, 0.1) is 24.1 Å². The van der Waals surface area contributed by atoms with Gasteiger partial charge in [0.25, 0.3) is 0 Å². The Hall–Kier alpha value is -3.73. The van der Waals surface area contributed by atoms with Crippen molar-refractivity contribution < 1.29 is 19.4 Å². The lowest BCUT2D eigenvalue weighted by atomic mass is 10.0. The predicted molar refractivity (Wildman–Crippen MR) is 84.8 cm³/mol. The minimum atomic E-state index is -1.12. The van der Waals surface area contributed by atoms with E-state index in [1.165, 1.54) is 24.4 Å². The largest absolute Gasteiger partial charge is 0.493 e. The number of aromatic nitrogens is 3. The molecule has 0 unspecified atom stereocenters. The maximum Gasteiger partial charge on any atom is 0.337 e. The molecule has 0 saturated carbocycles. The van der Waals surface area contributed by atoms with Crippen molar-refractivity contribution in [2.75, 3.05) is 0 Å². The molecule has 0 aliphatic heterocycles. The van der Waals surface area contributed by atoms with Gasteiger partial charge in [-0.25, -0.2) is 14.2 Å². The first-order valence-corrected chi connectivity index (χ1v) is 7.09. The molecule has 3 aromatic rings. The van der Waals surface area contributed by atoms with E-state index in [0.717, 1.165) is 16.9 Å². The fourth-order valence-electron chi connectivity index (χ4n) is 2.39. The number of hydrogen-bond donors (Lipinski definition) is 2. The number of aromatic carboxylic acids is 1. The van der Waals surface area contributed by atoms with Crippen LogP contribution in [-0.2, 0) is 0 Å². The molecule has 7 nitrogen and oxygen atoms in total. The summed E-state index contributed by atoms with van der Waals surface area (Å²) >= 11 is 0. The van der Waals surface area contributed by atoms with Crippen LogP contribution in [0.25, 0.3) is 16.9 Å². The Morgan fingerprint density at radius 1 is 1.28 bits per heavy atom. The molecular weight excluding hydrogens is 327 g/mol. The highest BCUT2D eigenvalue weighted by Gasteiger charge is 2.17. The van der Waals surface area contributed by atoms with E-state index in [1.807, 2.05) is 0 Å². The molecule has 0 radical (unpaired) electrons. The van der Waals surface area contributed by atoms with Crippen LogP contribution < -0.4 is 0 Å². The molecular formula is C17H11FN4O3. The Kier molecular flexibility index (Phi) is 3.91. The Morgan fingerprint density at radius 2 is 2.04 bits per heavy atom. The topological polar surface area (TPSA) is 112 Å². The molecule has 2 N–H and O–H groups in total. The summed E-state index contributed by atoms with van der Waals surface area (Å²) in [6, 6.07) is 7.04. The summed E-state index contributed by atoms with van der Waals surface area (Å²) < 4.78 is 15.0. The van der Waals surface area contributed by atoms with Crippen molar-refractivity contribution in [1.82, 2.24) is 14.8 Å². The van der Waals surface area contributed by atoms with Gasteiger partial charge in [0.05, 0.1) is 22.9 Å². The van der Waals surface area contributed by atoms with Crippen LogP contribution in [0.4, 0.5) is 4.39 Å². The van der Waals surface area contributed by atoms with E-state index in [-0.39, 0.29) is 28.4 Å². The fourth-order valence-corrected chi connectivity index (χ4v) is 2.39. The number of carbonyl (C=O) groups is 1. The first-order chi connectivity index (χ1) is 11.9. The second-order valence-corrected chi connectivity index (χ2v) is 5.26. The first kappa shape index (κ1) is 16.1. The predicted octanol–water partition coefficient (Wildman–Crippen LogP) is 2.66. The van der Waals surface area contributed by atoms with E-state index in [9.17, 15) is 14.3 Å². The number of halogens is 1. The molecule has 0 aliphatic carbocycles. The number of carboxylic acids is 1. The Morgan fingerprint density at radius 3 is 2.64 bits per heavy atom. The smallest absolute Gasteiger partial charge is 0.337 e. The molecule has 0 bridgehead atoms. The van der Waals surface area contributed by atoms with Crippen LogP contribution in [-0.4, -0.2) is 30.9 Å². The lowest BCUT2D eigenvalue weighted by Gasteiger charge is -2.07. The quantitative estimate of drug-likeness (QED) is 0.759. The number of rotatable bonds is 3. The highest BCUT2D eigenvalue weighted by Crippen LogP contribution is 2.33. The van der Waals surface area contributed by atoms with Gasteiger partial charge in [0.15, 0.2) is 5.82 Å². The van der Waals surface area contributed by atoms with E-state index in [4.69, 9.17) is 10.4 Å². The van der Waals surface area contributed by atoms with Crippen molar-refractivity contribution in [1.29, 1.82) is 5.26 Å². The number of hydrogen-bond acceptors (Lipinski definition) is 5. The Labute approximate surface area is 141 Å². The number of aromatic hydroxyl groups is 1. The van der Waals surface area contributed by atoms with Gasteiger partial charge in [0.2, 0.25) is 5.88 Å². The zero-order valence-corrected chi connectivity index (χ0v) is 12.9. The third kappa shape index (κ3) is 2.79. The minimum absolute atomic E-state index is 0.000581. The lowest BCUT2D eigenvalue weighted by molar-refractivity contribution is 0.0696. The molecule has 0 amide bonds. The van der Waals surface area contributed by atoms with Crippen molar-refractivity contribution in [2.24, 2.45) is 0 Å². The maximum atomic E-state index is 13.9. The van der Waals surface area contributed by atoms with Crippen LogP contribution in [0.5, 0.6) is 5.88 Å². The van der Waals surface area contributed by atoms with Crippen molar-refractivity contribution in [3.8, 4) is 28.9 Å². The second kappa shape index (κ2) is 6.05. The highest BCUT2D eigenvalue weighted by molar-refractivity contribution is 5.87. The van der Waals surface area contributed by atoms with Gasteiger partial charge in [0, 0.05) is 6.20 Å². The molecule has 0 saturated heterocycles. The van der Waals surface area contributed by atoms with E-state index >= 15 is 0 Å². The van der Waals surface area contributed by atoms with E-state index in [0.29, 0.717) is 11.1 Å². The van der Waals surface area contributed by atoms with Crippen LogP contribution in [0.1, 0.15) is 21.5 Å². The van der Waals surface area contributed by atoms with Crippen molar-refractivity contribution in [3.63, 3.8) is 0 Å². The number of pyridine rings is 1. The van der Waals surface area contributed by atoms with Crippen molar-refractivity contribution in [2.45, 2.75) is 6.92 Å². The van der Waals surface area contributed by atoms with Gasteiger partial charge in [-0.3, -0.25) is 0 Å². The molecule has 2 aromatic heterocycles. The number of carboxylic acid groups (broad SMARTS) is 1. The second-order valence-electron chi connectivity index (χ2n) is 5.26. The summed E-state index contributed by atoms with van der Waals surface area (Å²) in [5.41, 5.74) is 1.18. The highest BCUT2D eigenvalue weighted by atomic mass is 19.1. The van der Waals surface area contributed by atoms with Crippen molar-refractivity contribution >= 4 is 5.97 Å². The Balaban J connectivity index is 2.06. The molecule has 25 heavy (non-hydrogen) atoms. The standard InChI is InChI=1S/C17H11FN4O3/c1-9-4-11(6-19)14(18)5-12(9)13-8-21-22(16(13)23)15-3-2-10(7-20-15)17(24)25/h2-5,7-8,23H,1H3,(H,24,25). The summed E-state index contributed by atoms with van der Waals surface area (Å²) in [6.45, 7) is 1.69. The van der Waals surface area contributed by atoms with E-state index in [2.05, 4.69) is 10.1 Å². The average molecular weight is 338 g/mol. The fraction of sp³-hybridized carbons (Fsp3) is 0.0588. The first-order valence-electron chi connectivity index (χ1n) is 7.09. The van der Waals surface area contributed by atoms with Crippen LogP contribution in [0.15, 0.2) is 36.7 Å². The zero-order chi connectivity index (χ0) is 18.1. The summed E-state index contributed by atoms with van der Waals surface area (Å²) in [7, 11) is 0. The third-order valence-corrected chi connectivity index (χ3v) is 3.68. The Bertz CT molecular complexity index is 1020. The van der Waals surface area contributed by atoms with Gasteiger partial charge in [0.1, 0.15) is 11.9 Å². The van der Waals surface area contributed by atoms with Crippen LogP contribution >= 0.6 is 0 Å². The maximum absolute atomic E-state index is 13.9. The molecule has 0 fully saturated rings. The van der Waals surface area contributed by atoms with Gasteiger partial charge < -0.3 is 10.2 Å². The van der Waals surface area contributed by atoms with E-state index < -0.39 is 11.8 Å². The summed E-state index contributed by atoms with van der Waals surface area (Å²) in [5.74, 6) is -1.88. The summed E-state index contributed by atoms with van der Waals surface area (Å²) in [5, 5.41) is 32.2. The van der Waals surface area contributed by atoms with Gasteiger partial charge >= 0.3 is 5.97 Å². The number of nitriles is 1. The number of aryl methyl sites for hydroxylation is 1. The lowest BCUT2D eigenvalue weighted by Crippen LogP contribution is -2.02. The molecule has 124 valence electrons. The van der Waals surface area contributed by atoms with Crippen molar-refractivity contribution in [3.05, 3.63) is 59.2 Å². The molecule has 0 spiro atoms. The molecule has 2 heterocycles. The average Bonchev–Trinajstić information content (AvgIpc) is 2.98. The SMILES string of the molecule is Cc1cc(C#N)c(F)cc1-c1cnn(-c2ccc(C(=O)O)cn2)c1O. The van der Waals surface area contributed by atoms with Gasteiger partial charge in [-0.05, 0) is 42.3 Å². The van der Waals surface area contributed by atoms with Crippen LogP contribution in [0.2, 0.25) is 0 Å². The molecule has 0 aliphatic rings. The third-order valence-electron chi connectivity index (χ3n) is 3.68. The van der Waals surface area contributed by atoms with Gasteiger partial charge in [-0.1, -0.05) is 0 Å². The normalized spacial score (nSPS) is 10.4. The van der Waals surface area contributed by atoms with Gasteiger partial charge in [-0.15, -0.1) is 0 Å². The minimum Gasteiger partial charge on any atom is -0.493 e.